The largest absolute Gasteiger partial charge is 0.348 e. The molecule has 3 N–H and O–H groups in total. The van der Waals surface area contributed by atoms with E-state index in [1.165, 1.54) is 43.4 Å². The molecule has 1 aliphatic carbocycles. The third-order valence-corrected chi connectivity index (χ3v) is 4.81. The average molecular weight is 281 g/mol. The summed E-state index contributed by atoms with van der Waals surface area (Å²) in [4.78, 5) is 16.4. The lowest BCUT2D eigenvalue weighted by Gasteiger charge is -2.30. The highest BCUT2D eigenvalue weighted by atomic mass is 32.1. The molecule has 1 aromatic heterocycles. The summed E-state index contributed by atoms with van der Waals surface area (Å²) in [5, 5.41) is 5.77. The van der Waals surface area contributed by atoms with Crippen LogP contribution in [0.25, 0.3) is 0 Å². The van der Waals surface area contributed by atoms with Gasteiger partial charge in [-0.05, 0) is 25.2 Å². The summed E-state index contributed by atoms with van der Waals surface area (Å²) in [6.45, 7) is 2.55. The van der Waals surface area contributed by atoms with Crippen molar-refractivity contribution in [3.63, 3.8) is 0 Å². The van der Waals surface area contributed by atoms with Gasteiger partial charge in [0.15, 0.2) is 0 Å². The number of thiazole rings is 1. The molecule has 1 fully saturated rings. The Kier molecular flexibility index (Phi) is 5.34. The molecule has 1 heterocycles. The number of nitrogens with zero attached hydrogens (tertiary/aromatic N) is 1. The molecule has 0 spiro atoms. The normalized spacial score (nSPS) is 18.2. The fourth-order valence-corrected chi connectivity index (χ4v) is 3.50. The van der Waals surface area contributed by atoms with Crippen LogP contribution >= 0.6 is 11.3 Å². The summed E-state index contributed by atoms with van der Waals surface area (Å²) >= 11 is 1.45. The van der Waals surface area contributed by atoms with E-state index < -0.39 is 0 Å². The zero-order valence-electron chi connectivity index (χ0n) is 11.5. The van der Waals surface area contributed by atoms with Crippen molar-refractivity contribution in [2.45, 2.75) is 58.0 Å². The Morgan fingerprint density at radius 3 is 2.84 bits per heavy atom. The van der Waals surface area contributed by atoms with Gasteiger partial charge >= 0.3 is 0 Å². The van der Waals surface area contributed by atoms with Crippen LogP contribution in [-0.2, 0) is 6.54 Å². The molecular weight excluding hydrogens is 258 g/mol. The second-order valence-corrected chi connectivity index (χ2v) is 6.16. The third-order valence-electron chi connectivity index (χ3n) is 3.93. The van der Waals surface area contributed by atoms with Crippen molar-refractivity contribution in [2.75, 3.05) is 0 Å². The number of nitrogens with two attached hydrogens (primary N) is 1. The molecule has 4 nitrogen and oxygen atoms in total. The zero-order valence-corrected chi connectivity index (χ0v) is 12.3. The standard InChI is InChI=1S/C14H23N3OS/c1-2-11(10-6-4-3-5-7-10)17-14(18)12-9-19-13(8-15)16-12/h9-11H,2-8,15H2,1H3,(H,17,18). The van der Waals surface area contributed by atoms with Crippen LogP contribution in [0.4, 0.5) is 0 Å². The van der Waals surface area contributed by atoms with Crippen molar-refractivity contribution in [2.24, 2.45) is 11.7 Å². The maximum Gasteiger partial charge on any atom is 0.270 e. The van der Waals surface area contributed by atoms with E-state index >= 15 is 0 Å². The van der Waals surface area contributed by atoms with Gasteiger partial charge in [-0.25, -0.2) is 4.98 Å². The Morgan fingerprint density at radius 2 is 2.26 bits per heavy atom. The van der Waals surface area contributed by atoms with Crippen LogP contribution in [0.15, 0.2) is 5.38 Å². The Labute approximate surface area is 118 Å². The summed E-state index contributed by atoms with van der Waals surface area (Å²) in [5.41, 5.74) is 6.04. The van der Waals surface area contributed by atoms with Gasteiger partial charge in [0.05, 0.1) is 0 Å². The van der Waals surface area contributed by atoms with Crippen molar-refractivity contribution in [3.05, 3.63) is 16.1 Å². The van der Waals surface area contributed by atoms with Gasteiger partial charge in [-0.1, -0.05) is 26.2 Å². The first-order chi connectivity index (χ1) is 9.24. The first kappa shape index (κ1) is 14.5. The molecule has 0 aliphatic heterocycles. The first-order valence-corrected chi connectivity index (χ1v) is 8.08. The molecule has 0 aromatic carbocycles. The molecule has 0 radical (unpaired) electrons. The third kappa shape index (κ3) is 3.76. The first-order valence-electron chi connectivity index (χ1n) is 7.20. The highest BCUT2D eigenvalue weighted by Crippen LogP contribution is 2.27. The van der Waals surface area contributed by atoms with Gasteiger partial charge in [0, 0.05) is 18.0 Å². The quantitative estimate of drug-likeness (QED) is 0.872. The van der Waals surface area contributed by atoms with Crippen molar-refractivity contribution in [1.82, 2.24) is 10.3 Å². The molecule has 1 atom stereocenters. The number of amides is 1. The molecule has 19 heavy (non-hydrogen) atoms. The molecule has 1 unspecified atom stereocenters. The summed E-state index contributed by atoms with van der Waals surface area (Å²) in [6.07, 6.45) is 7.40. The number of hydrogen-bond donors (Lipinski definition) is 2. The van der Waals surface area contributed by atoms with Crippen molar-refractivity contribution < 1.29 is 4.79 Å². The number of aromatic nitrogens is 1. The summed E-state index contributed by atoms with van der Waals surface area (Å²) < 4.78 is 0. The zero-order chi connectivity index (χ0) is 13.7. The van der Waals surface area contributed by atoms with Gasteiger partial charge in [-0.15, -0.1) is 11.3 Å². The Morgan fingerprint density at radius 1 is 1.53 bits per heavy atom. The molecule has 1 saturated carbocycles. The maximum atomic E-state index is 12.2. The number of nitrogens with one attached hydrogen (secondary N) is 1. The van der Waals surface area contributed by atoms with E-state index in [4.69, 9.17) is 5.73 Å². The maximum absolute atomic E-state index is 12.2. The lowest BCUT2D eigenvalue weighted by Crippen LogP contribution is -2.40. The van der Waals surface area contributed by atoms with E-state index in [9.17, 15) is 4.79 Å². The molecule has 5 heteroatoms. The van der Waals surface area contributed by atoms with Gasteiger partial charge in [0.1, 0.15) is 10.7 Å². The molecular formula is C14H23N3OS. The minimum Gasteiger partial charge on any atom is -0.348 e. The molecule has 2 rings (SSSR count). The van der Waals surface area contributed by atoms with E-state index in [2.05, 4.69) is 17.2 Å². The fourth-order valence-electron chi connectivity index (χ4n) is 2.84. The SMILES string of the molecule is CCC(NC(=O)c1csc(CN)n1)C1CCCCC1. The molecule has 1 aromatic rings. The molecule has 0 saturated heterocycles. The fraction of sp³-hybridized carbons (Fsp3) is 0.714. The predicted octanol–water partition coefficient (Wildman–Crippen LogP) is 2.69. The minimum atomic E-state index is -0.0478. The Bertz CT molecular complexity index is 413. The van der Waals surface area contributed by atoms with Crippen LogP contribution in [0.5, 0.6) is 0 Å². The lowest BCUT2D eigenvalue weighted by atomic mass is 9.83. The summed E-state index contributed by atoms with van der Waals surface area (Å²) in [7, 11) is 0. The number of rotatable bonds is 5. The molecule has 0 bridgehead atoms. The van der Waals surface area contributed by atoms with Crippen molar-refractivity contribution >= 4 is 17.2 Å². The van der Waals surface area contributed by atoms with Crippen molar-refractivity contribution in [1.29, 1.82) is 0 Å². The Balaban J connectivity index is 1.95. The van der Waals surface area contributed by atoms with Gasteiger partial charge < -0.3 is 11.1 Å². The summed E-state index contributed by atoms with van der Waals surface area (Å²) in [6, 6.07) is 0.288. The second-order valence-electron chi connectivity index (χ2n) is 5.22. The van der Waals surface area contributed by atoms with E-state index in [0.29, 0.717) is 18.2 Å². The minimum absolute atomic E-state index is 0.0478. The van der Waals surface area contributed by atoms with E-state index in [1.54, 1.807) is 5.38 Å². The van der Waals surface area contributed by atoms with Gasteiger partial charge in [0.25, 0.3) is 5.91 Å². The van der Waals surface area contributed by atoms with Gasteiger partial charge in [-0.2, -0.15) is 0 Å². The van der Waals surface area contributed by atoms with Crippen LogP contribution in [0.3, 0.4) is 0 Å². The molecule has 1 aliphatic rings. The van der Waals surface area contributed by atoms with Gasteiger partial charge in [-0.3, -0.25) is 4.79 Å². The van der Waals surface area contributed by atoms with Crippen LogP contribution < -0.4 is 11.1 Å². The van der Waals surface area contributed by atoms with Crippen LogP contribution in [0.2, 0.25) is 0 Å². The second kappa shape index (κ2) is 7.01. The molecule has 1 amide bonds. The van der Waals surface area contributed by atoms with Crippen LogP contribution in [-0.4, -0.2) is 16.9 Å². The van der Waals surface area contributed by atoms with E-state index in [0.717, 1.165) is 11.4 Å². The number of hydrogen-bond acceptors (Lipinski definition) is 4. The van der Waals surface area contributed by atoms with Crippen LogP contribution in [0, 0.1) is 5.92 Å². The monoisotopic (exact) mass is 281 g/mol. The summed E-state index contributed by atoms with van der Waals surface area (Å²) in [5.74, 6) is 0.587. The lowest BCUT2D eigenvalue weighted by molar-refractivity contribution is 0.0906. The smallest absolute Gasteiger partial charge is 0.270 e. The predicted molar refractivity (Wildman–Crippen MR) is 78.1 cm³/mol. The van der Waals surface area contributed by atoms with E-state index in [-0.39, 0.29) is 11.9 Å². The topological polar surface area (TPSA) is 68.0 Å². The van der Waals surface area contributed by atoms with Crippen LogP contribution in [0.1, 0.15) is 60.9 Å². The van der Waals surface area contributed by atoms with Gasteiger partial charge in [0.2, 0.25) is 0 Å². The molecule has 106 valence electrons. The van der Waals surface area contributed by atoms with E-state index in [1.807, 2.05) is 0 Å². The highest BCUT2D eigenvalue weighted by molar-refractivity contribution is 7.09. The Hall–Kier alpha value is -0.940. The highest BCUT2D eigenvalue weighted by Gasteiger charge is 2.24. The van der Waals surface area contributed by atoms with Crippen molar-refractivity contribution in [3.8, 4) is 0 Å². The number of carbonyl (C=O) groups excluding carboxylic acids is 1. The average Bonchev–Trinajstić information content (AvgIpc) is 2.94. The number of carbonyl (C=O) groups is 1.